The van der Waals surface area contributed by atoms with Gasteiger partial charge in [0.15, 0.2) is 6.10 Å². The van der Waals surface area contributed by atoms with Gasteiger partial charge in [-0.3, -0.25) is 9.59 Å². The number of nitrogens with zero attached hydrogens (tertiary/aromatic N) is 1. The van der Waals surface area contributed by atoms with Crippen LogP contribution in [0.3, 0.4) is 0 Å². The van der Waals surface area contributed by atoms with Crippen LogP contribution in [0.1, 0.15) is 60.1 Å². The SMILES string of the molecule is C[C@H](OC(=O)c1ccccc1N1CCCC1=O)C(=O)N[C@H]1CCCc2ccccc21. The maximum absolute atomic E-state index is 12.8. The molecule has 6 heteroatoms. The van der Waals surface area contributed by atoms with E-state index in [0.717, 1.165) is 31.2 Å². The highest BCUT2D eigenvalue weighted by atomic mass is 16.5. The van der Waals surface area contributed by atoms with Crippen LogP contribution in [0.4, 0.5) is 5.69 Å². The highest BCUT2D eigenvalue weighted by Crippen LogP contribution is 2.30. The molecule has 1 saturated heterocycles. The van der Waals surface area contributed by atoms with Crippen molar-refractivity contribution < 1.29 is 19.1 Å². The van der Waals surface area contributed by atoms with Gasteiger partial charge in [-0.05, 0) is 55.9 Å². The molecule has 30 heavy (non-hydrogen) atoms. The van der Waals surface area contributed by atoms with Crippen molar-refractivity contribution in [2.75, 3.05) is 11.4 Å². The van der Waals surface area contributed by atoms with Crippen molar-refractivity contribution in [1.82, 2.24) is 5.32 Å². The van der Waals surface area contributed by atoms with Gasteiger partial charge in [0.2, 0.25) is 5.91 Å². The molecule has 2 aliphatic rings. The molecule has 1 aliphatic carbocycles. The number of rotatable bonds is 5. The number of nitrogens with one attached hydrogen (secondary N) is 1. The van der Waals surface area contributed by atoms with E-state index in [1.165, 1.54) is 5.56 Å². The highest BCUT2D eigenvalue weighted by molar-refractivity contribution is 6.04. The van der Waals surface area contributed by atoms with Gasteiger partial charge >= 0.3 is 5.97 Å². The fraction of sp³-hybridized carbons (Fsp3) is 0.375. The molecule has 1 aliphatic heterocycles. The molecule has 0 aromatic heterocycles. The Labute approximate surface area is 176 Å². The molecule has 0 unspecified atom stereocenters. The minimum atomic E-state index is -0.936. The van der Waals surface area contributed by atoms with Crippen LogP contribution in [-0.4, -0.2) is 30.4 Å². The number of para-hydroxylation sites is 1. The predicted molar refractivity (Wildman–Crippen MR) is 113 cm³/mol. The topological polar surface area (TPSA) is 75.7 Å². The highest BCUT2D eigenvalue weighted by Gasteiger charge is 2.29. The van der Waals surface area contributed by atoms with E-state index in [4.69, 9.17) is 4.74 Å². The normalized spacial score (nSPS) is 19.2. The number of hydrogen-bond acceptors (Lipinski definition) is 4. The monoisotopic (exact) mass is 406 g/mol. The van der Waals surface area contributed by atoms with Crippen molar-refractivity contribution in [3.8, 4) is 0 Å². The minimum absolute atomic E-state index is 0.00277. The van der Waals surface area contributed by atoms with Gasteiger partial charge < -0.3 is 15.0 Å². The van der Waals surface area contributed by atoms with Gasteiger partial charge in [0.1, 0.15) is 0 Å². The lowest BCUT2D eigenvalue weighted by atomic mass is 9.87. The van der Waals surface area contributed by atoms with E-state index in [1.54, 1.807) is 36.1 Å². The van der Waals surface area contributed by atoms with Gasteiger partial charge in [0, 0.05) is 13.0 Å². The molecular weight excluding hydrogens is 380 g/mol. The first-order valence-electron chi connectivity index (χ1n) is 10.5. The maximum atomic E-state index is 12.8. The summed E-state index contributed by atoms with van der Waals surface area (Å²) in [6.07, 6.45) is 3.19. The average molecular weight is 406 g/mol. The van der Waals surface area contributed by atoms with E-state index in [2.05, 4.69) is 11.4 Å². The molecule has 1 heterocycles. The summed E-state index contributed by atoms with van der Waals surface area (Å²) in [6.45, 7) is 2.16. The minimum Gasteiger partial charge on any atom is -0.449 e. The number of anilines is 1. The van der Waals surface area contributed by atoms with Crippen molar-refractivity contribution in [3.63, 3.8) is 0 Å². The Morgan fingerprint density at radius 2 is 1.83 bits per heavy atom. The standard InChI is InChI=1S/C24H26N2O4/c1-16(23(28)25-20-12-6-9-17-8-2-3-10-18(17)20)30-24(29)19-11-4-5-13-21(19)26-15-7-14-22(26)27/h2-5,8,10-11,13,16,20H,6-7,9,12,14-15H2,1H3,(H,25,28)/t16-,20-/m0/s1. The lowest BCUT2D eigenvalue weighted by Gasteiger charge is -2.27. The second-order valence-corrected chi connectivity index (χ2v) is 7.87. The number of esters is 1. The van der Waals surface area contributed by atoms with Crippen LogP contribution >= 0.6 is 0 Å². The summed E-state index contributed by atoms with van der Waals surface area (Å²) in [5.74, 6) is -0.922. The predicted octanol–water partition coefficient (Wildman–Crippen LogP) is 3.55. The summed E-state index contributed by atoms with van der Waals surface area (Å²) in [5, 5.41) is 3.03. The van der Waals surface area contributed by atoms with Gasteiger partial charge in [0.25, 0.3) is 5.91 Å². The Hall–Kier alpha value is -3.15. The first-order chi connectivity index (χ1) is 14.5. The molecule has 2 atom stereocenters. The zero-order valence-electron chi connectivity index (χ0n) is 17.1. The van der Waals surface area contributed by atoms with Crippen LogP contribution in [0.5, 0.6) is 0 Å². The van der Waals surface area contributed by atoms with Crippen molar-refractivity contribution in [2.24, 2.45) is 0 Å². The van der Waals surface area contributed by atoms with Gasteiger partial charge in [-0.25, -0.2) is 4.79 Å². The summed E-state index contributed by atoms with van der Waals surface area (Å²) >= 11 is 0. The van der Waals surface area contributed by atoms with E-state index >= 15 is 0 Å². The van der Waals surface area contributed by atoms with Crippen LogP contribution in [0.25, 0.3) is 0 Å². The molecule has 0 saturated carbocycles. The molecule has 156 valence electrons. The summed E-state index contributed by atoms with van der Waals surface area (Å²) < 4.78 is 5.47. The van der Waals surface area contributed by atoms with Crippen LogP contribution in [0.15, 0.2) is 48.5 Å². The number of carbonyl (C=O) groups excluding carboxylic acids is 3. The number of amides is 2. The summed E-state index contributed by atoms with van der Waals surface area (Å²) in [6, 6.07) is 14.9. The Bertz CT molecular complexity index is 971. The number of aryl methyl sites for hydroxylation is 1. The Kier molecular flexibility index (Phi) is 5.84. The van der Waals surface area contributed by atoms with E-state index in [0.29, 0.717) is 24.2 Å². The fourth-order valence-electron chi connectivity index (χ4n) is 4.25. The largest absolute Gasteiger partial charge is 0.449 e. The fourth-order valence-corrected chi connectivity index (χ4v) is 4.25. The summed E-state index contributed by atoms with van der Waals surface area (Å²) in [4.78, 5) is 39.2. The second-order valence-electron chi connectivity index (χ2n) is 7.87. The molecule has 0 bridgehead atoms. The van der Waals surface area contributed by atoms with E-state index in [9.17, 15) is 14.4 Å². The van der Waals surface area contributed by atoms with Crippen molar-refractivity contribution in [1.29, 1.82) is 0 Å². The number of hydrogen-bond donors (Lipinski definition) is 1. The van der Waals surface area contributed by atoms with Crippen LogP contribution < -0.4 is 10.2 Å². The third-order valence-corrected chi connectivity index (χ3v) is 5.83. The van der Waals surface area contributed by atoms with E-state index < -0.39 is 12.1 Å². The van der Waals surface area contributed by atoms with Crippen molar-refractivity contribution in [3.05, 3.63) is 65.2 Å². The molecule has 4 rings (SSSR count). The molecule has 2 aromatic carbocycles. The van der Waals surface area contributed by atoms with Gasteiger partial charge in [-0.2, -0.15) is 0 Å². The Morgan fingerprint density at radius 3 is 2.63 bits per heavy atom. The Balaban J connectivity index is 1.43. The number of carbonyl (C=O) groups is 3. The van der Waals surface area contributed by atoms with E-state index in [-0.39, 0.29) is 17.9 Å². The second kappa shape index (κ2) is 8.69. The first kappa shape index (κ1) is 20.1. The van der Waals surface area contributed by atoms with Crippen molar-refractivity contribution in [2.45, 2.75) is 51.2 Å². The molecular formula is C24H26N2O4. The van der Waals surface area contributed by atoms with Crippen molar-refractivity contribution >= 4 is 23.5 Å². The molecule has 0 spiro atoms. The molecule has 2 aromatic rings. The molecule has 2 amide bonds. The third kappa shape index (κ3) is 4.08. The summed E-state index contributed by atoms with van der Waals surface area (Å²) in [5.41, 5.74) is 3.23. The van der Waals surface area contributed by atoms with Crippen LogP contribution in [-0.2, 0) is 20.7 Å². The smallest absolute Gasteiger partial charge is 0.341 e. The third-order valence-electron chi connectivity index (χ3n) is 5.83. The molecule has 1 fully saturated rings. The van der Waals surface area contributed by atoms with Crippen LogP contribution in [0.2, 0.25) is 0 Å². The lowest BCUT2D eigenvalue weighted by Crippen LogP contribution is -2.39. The number of fused-ring (bicyclic) bond motifs is 1. The lowest BCUT2D eigenvalue weighted by molar-refractivity contribution is -0.130. The van der Waals surface area contributed by atoms with Gasteiger partial charge in [0.05, 0.1) is 17.3 Å². The van der Waals surface area contributed by atoms with E-state index in [1.807, 2.05) is 18.2 Å². The van der Waals surface area contributed by atoms with Gasteiger partial charge in [-0.1, -0.05) is 36.4 Å². The Morgan fingerprint density at radius 1 is 1.07 bits per heavy atom. The quantitative estimate of drug-likeness (QED) is 0.771. The summed E-state index contributed by atoms with van der Waals surface area (Å²) in [7, 11) is 0. The number of benzene rings is 2. The van der Waals surface area contributed by atoms with Gasteiger partial charge in [-0.15, -0.1) is 0 Å². The van der Waals surface area contributed by atoms with Crippen LogP contribution in [0, 0.1) is 0 Å². The molecule has 6 nitrogen and oxygen atoms in total. The molecule has 0 radical (unpaired) electrons. The zero-order chi connectivity index (χ0) is 21.1. The first-order valence-corrected chi connectivity index (χ1v) is 10.5. The zero-order valence-corrected chi connectivity index (χ0v) is 17.1. The average Bonchev–Trinajstić information content (AvgIpc) is 3.19. The maximum Gasteiger partial charge on any atom is 0.341 e. The number of ether oxygens (including phenoxy) is 1. The molecule has 1 N–H and O–H groups in total.